The fourth-order valence-electron chi connectivity index (χ4n) is 3.27. The summed E-state index contributed by atoms with van der Waals surface area (Å²) in [6.07, 6.45) is 0. The smallest absolute Gasteiger partial charge is 0.271 e. The minimum atomic E-state index is -4.05. The van der Waals surface area contributed by atoms with Gasteiger partial charge in [-0.3, -0.25) is 9.44 Å². The van der Waals surface area contributed by atoms with Crippen LogP contribution in [0.5, 0.6) is 0 Å². The van der Waals surface area contributed by atoms with Crippen LogP contribution in [-0.4, -0.2) is 16.8 Å². The van der Waals surface area contributed by atoms with E-state index in [4.69, 9.17) is 27.6 Å². The average molecular weight is 586 g/mol. The molecule has 0 radical (unpaired) electrons. The second-order valence-corrected chi connectivity index (χ2v) is 14.5. The lowest BCUT2D eigenvalue weighted by Gasteiger charge is -2.15. The molecule has 0 aliphatic carbocycles. The molecule has 2 aromatic carbocycles. The molecule has 0 unspecified atom stereocenters. The third-order valence-electron chi connectivity index (χ3n) is 4.85. The molecular weight excluding hydrogens is 571 g/mol. The van der Waals surface area contributed by atoms with Gasteiger partial charge in [-0.25, -0.2) is 16.8 Å². The van der Waals surface area contributed by atoms with E-state index in [1.807, 2.05) is 30.3 Å². The van der Waals surface area contributed by atoms with Gasteiger partial charge < -0.3 is 4.42 Å². The van der Waals surface area contributed by atoms with Gasteiger partial charge in [-0.05, 0) is 54.6 Å². The first-order valence-corrected chi connectivity index (χ1v) is 15.2. The Bertz CT molecular complexity index is 1740. The Morgan fingerprint density at radius 3 is 1.86 bits per heavy atom. The highest BCUT2D eigenvalue weighted by atomic mass is 35.5. The quantitative estimate of drug-likeness (QED) is 0.211. The van der Waals surface area contributed by atoms with Crippen LogP contribution >= 0.6 is 45.9 Å². The molecule has 0 spiro atoms. The number of hydrogen-bond acceptors (Lipinski definition) is 7. The first-order valence-electron chi connectivity index (χ1n) is 9.80. The molecule has 13 heteroatoms. The van der Waals surface area contributed by atoms with Crippen LogP contribution in [0.25, 0.3) is 22.3 Å². The van der Waals surface area contributed by atoms with Crippen molar-refractivity contribution < 1.29 is 21.3 Å². The molecule has 7 nitrogen and oxygen atoms in total. The molecule has 0 saturated heterocycles. The van der Waals surface area contributed by atoms with E-state index in [9.17, 15) is 16.8 Å². The number of para-hydroxylation sites is 1. The number of nitrogens with one attached hydrogen (secondary N) is 2. The molecule has 0 bridgehead atoms. The second-order valence-electron chi connectivity index (χ2n) is 7.24. The Balaban J connectivity index is 1.59. The van der Waals surface area contributed by atoms with Crippen molar-refractivity contribution >= 4 is 88.3 Å². The standard InChI is InChI=1S/C22H14Cl2N2O5S4/c23-19-7-9-21(32-19)34(27,28)25-15-6-5-14(18-12-13-3-1-2-4-17(13)31-18)11-16(15)26-35(29,30)22-10-8-20(24)33-22/h1-12,25-26H. The third-order valence-corrected chi connectivity index (χ3v) is 11.0. The highest BCUT2D eigenvalue weighted by Gasteiger charge is 2.23. The lowest BCUT2D eigenvalue weighted by molar-refractivity contribution is 0.601. The molecular formula is C22H14Cl2N2O5S4. The van der Waals surface area contributed by atoms with E-state index < -0.39 is 20.0 Å². The van der Waals surface area contributed by atoms with Crippen LogP contribution in [0.15, 0.2) is 85.6 Å². The van der Waals surface area contributed by atoms with Gasteiger partial charge in [0.05, 0.1) is 20.0 Å². The predicted molar refractivity (Wildman–Crippen MR) is 142 cm³/mol. The average Bonchev–Trinajstić information content (AvgIpc) is 3.54. The number of rotatable bonds is 7. The Morgan fingerprint density at radius 2 is 1.29 bits per heavy atom. The normalized spacial score (nSPS) is 12.2. The fourth-order valence-corrected chi connectivity index (χ4v) is 8.39. The van der Waals surface area contributed by atoms with Gasteiger partial charge in [0, 0.05) is 10.9 Å². The zero-order valence-electron chi connectivity index (χ0n) is 17.4. The van der Waals surface area contributed by atoms with Gasteiger partial charge in [-0.15, -0.1) is 22.7 Å². The second kappa shape index (κ2) is 9.16. The van der Waals surface area contributed by atoms with E-state index in [-0.39, 0.29) is 19.8 Å². The van der Waals surface area contributed by atoms with Crippen molar-refractivity contribution in [2.24, 2.45) is 0 Å². The topological polar surface area (TPSA) is 105 Å². The van der Waals surface area contributed by atoms with Gasteiger partial charge in [0.25, 0.3) is 20.0 Å². The molecule has 0 atom stereocenters. The molecule has 180 valence electrons. The number of benzene rings is 2. The summed E-state index contributed by atoms with van der Waals surface area (Å²) < 4.78 is 63.2. The van der Waals surface area contributed by atoms with E-state index in [1.54, 1.807) is 6.07 Å². The van der Waals surface area contributed by atoms with E-state index in [2.05, 4.69) is 9.44 Å². The van der Waals surface area contributed by atoms with Crippen molar-refractivity contribution in [3.8, 4) is 11.3 Å². The highest BCUT2D eigenvalue weighted by molar-refractivity contribution is 7.95. The van der Waals surface area contributed by atoms with Crippen LogP contribution in [0, 0.1) is 0 Å². The lowest BCUT2D eigenvalue weighted by atomic mass is 10.1. The number of thiophene rings is 2. The third kappa shape index (κ3) is 5.06. The maximum Gasteiger partial charge on any atom is 0.271 e. The van der Waals surface area contributed by atoms with E-state index in [1.165, 1.54) is 36.4 Å². The number of furan rings is 1. The number of fused-ring (bicyclic) bond motifs is 1. The van der Waals surface area contributed by atoms with Gasteiger partial charge in [0.15, 0.2) is 0 Å². The largest absolute Gasteiger partial charge is 0.456 e. The Hall–Kier alpha value is -2.54. The fraction of sp³-hybridized carbons (Fsp3) is 0. The van der Waals surface area contributed by atoms with Gasteiger partial charge in [0.1, 0.15) is 19.8 Å². The summed E-state index contributed by atoms with van der Waals surface area (Å²) in [6, 6.07) is 19.5. The Labute approximate surface area is 219 Å². The Morgan fingerprint density at radius 1 is 0.686 bits per heavy atom. The van der Waals surface area contributed by atoms with Crippen LogP contribution in [-0.2, 0) is 20.0 Å². The number of hydrogen-bond donors (Lipinski definition) is 2. The monoisotopic (exact) mass is 584 g/mol. The summed E-state index contributed by atoms with van der Waals surface area (Å²) in [6.45, 7) is 0. The molecule has 0 amide bonds. The summed E-state index contributed by atoms with van der Waals surface area (Å²) in [7, 11) is -8.08. The summed E-state index contributed by atoms with van der Waals surface area (Å²) in [5.41, 5.74) is 1.25. The van der Waals surface area contributed by atoms with Crippen molar-refractivity contribution in [3.63, 3.8) is 0 Å². The van der Waals surface area contributed by atoms with Crippen molar-refractivity contribution in [2.75, 3.05) is 9.44 Å². The maximum absolute atomic E-state index is 13.0. The van der Waals surface area contributed by atoms with Crippen LogP contribution < -0.4 is 9.44 Å². The number of halogens is 2. The Kier molecular flexibility index (Phi) is 6.32. The van der Waals surface area contributed by atoms with Gasteiger partial charge in [-0.2, -0.15) is 0 Å². The minimum absolute atomic E-state index is 0.0114. The van der Waals surface area contributed by atoms with E-state index >= 15 is 0 Å². The molecule has 35 heavy (non-hydrogen) atoms. The van der Waals surface area contributed by atoms with Crippen LogP contribution in [0.4, 0.5) is 11.4 Å². The summed E-state index contributed by atoms with van der Waals surface area (Å²) in [5, 5.41) is 0.872. The minimum Gasteiger partial charge on any atom is -0.456 e. The van der Waals surface area contributed by atoms with Crippen molar-refractivity contribution in [3.05, 3.63) is 81.5 Å². The first-order chi connectivity index (χ1) is 16.6. The summed E-state index contributed by atoms with van der Waals surface area (Å²) >= 11 is 13.6. The maximum atomic E-state index is 13.0. The zero-order chi connectivity index (χ0) is 24.8. The zero-order valence-corrected chi connectivity index (χ0v) is 22.1. The SMILES string of the molecule is O=S(=O)(Nc1ccc(-c2cc3ccccc3o2)cc1NS(=O)(=O)c1ccc(Cl)s1)c1ccc(Cl)s1. The first kappa shape index (κ1) is 24.2. The molecule has 5 aromatic rings. The summed E-state index contributed by atoms with van der Waals surface area (Å²) in [5.74, 6) is 0.491. The lowest BCUT2D eigenvalue weighted by Crippen LogP contribution is -2.16. The number of sulfonamides is 2. The molecule has 3 heterocycles. The van der Waals surface area contributed by atoms with E-state index in [0.29, 0.717) is 25.6 Å². The predicted octanol–water partition coefficient (Wildman–Crippen LogP) is 7.13. The van der Waals surface area contributed by atoms with Crippen molar-refractivity contribution in [1.29, 1.82) is 0 Å². The molecule has 0 saturated carbocycles. The van der Waals surface area contributed by atoms with Crippen molar-refractivity contribution in [1.82, 2.24) is 0 Å². The molecule has 3 aromatic heterocycles. The molecule has 0 aliphatic rings. The van der Waals surface area contributed by atoms with Gasteiger partial charge >= 0.3 is 0 Å². The number of anilines is 2. The van der Waals surface area contributed by atoms with Crippen LogP contribution in [0.1, 0.15) is 0 Å². The van der Waals surface area contributed by atoms with E-state index in [0.717, 1.165) is 28.1 Å². The molecule has 2 N–H and O–H groups in total. The highest BCUT2D eigenvalue weighted by Crippen LogP contribution is 2.36. The van der Waals surface area contributed by atoms with Crippen molar-refractivity contribution in [2.45, 2.75) is 8.42 Å². The molecule has 0 fully saturated rings. The van der Waals surface area contributed by atoms with Crippen LogP contribution in [0.2, 0.25) is 8.67 Å². The van der Waals surface area contributed by atoms with Crippen LogP contribution in [0.3, 0.4) is 0 Å². The molecule has 5 rings (SSSR count). The molecule has 0 aliphatic heterocycles. The van der Waals surface area contributed by atoms with Gasteiger partial charge in [-0.1, -0.05) is 41.4 Å². The summed E-state index contributed by atoms with van der Waals surface area (Å²) in [4.78, 5) is 0. The van der Waals surface area contributed by atoms with Gasteiger partial charge in [0.2, 0.25) is 0 Å².